The molecule has 14 heavy (non-hydrogen) atoms. The van der Waals surface area contributed by atoms with E-state index >= 15 is 0 Å². The van der Waals surface area contributed by atoms with Gasteiger partial charge in [-0.15, -0.1) is 0 Å². The Morgan fingerprint density at radius 2 is 2.07 bits per heavy atom. The molecule has 0 radical (unpaired) electrons. The predicted molar refractivity (Wildman–Crippen MR) is 50.4 cm³/mol. The molecule has 0 aliphatic carbocycles. The summed E-state index contributed by atoms with van der Waals surface area (Å²) in [5.74, 6) is -1.50. The van der Waals surface area contributed by atoms with Gasteiger partial charge in [0.2, 0.25) is 0 Å². The minimum absolute atomic E-state index is 0.0799. The van der Waals surface area contributed by atoms with Crippen LogP contribution in [0, 0.1) is 0 Å². The molecule has 0 atom stereocenters. The second-order valence-corrected chi connectivity index (χ2v) is 4.14. The van der Waals surface area contributed by atoms with Crippen molar-refractivity contribution in [2.45, 2.75) is 13.3 Å². The number of aliphatic hydroxyl groups is 1. The number of rotatable bonds is 5. The van der Waals surface area contributed by atoms with Gasteiger partial charge in [-0.25, -0.2) is 0 Å². The second-order valence-electron chi connectivity index (χ2n) is 2.57. The number of carbonyl (C=O) groups excluding carboxylic acids is 1. The minimum Gasteiger partial charge on any atom is -0.503 e. The average Bonchev–Trinajstić information content (AvgIpc) is 2.09. The first-order valence-electron chi connectivity index (χ1n) is 3.95. The highest BCUT2D eigenvalue weighted by molar-refractivity contribution is 7.85. The van der Waals surface area contributed by atoms with Crippen molar-refractivity contribution in [2.24, 2.45) is 0 Å². The first-order valence-corrected chi connectivity index (χ1v) is 5.56. The molecule has 0 spiro atoms. The van der Waals surface area contributed by atoms with Gasteiger partial charge in [0.15, 0.2) is 5.76 Å². The second kappa shape index (κ2) is 5.61. The molecule has 3 N–H and O–H groups in total. The smallest absolute Gasteiger partial charge is 0.285 e. The summed E-state index contributed by atoms with van der Waals surface area (Å²) in [6.07, 6.45) is 1.32. The van der Waals surface area contributed by atoms with E-state index < -0.39 is 27.5 Å². The highest BCUT2D eigenvalue weighted by atomic mass is 32.2. The van der Waals surface area contributed by atoms with E-state index in [1.54, 1.807) is 0 Å². The molecule has 0 fully saturated rings. The summed E-state index contributed by atoms with van der Waals surface area (Å²) in [6, 6.07) is 0. The fourth-order valence-corrected chi connectivity index (χ4v) is 1.19. The van der Waals surface area contributed by atoms with E-state index in [-0.39, 0.29) is 13.0 Å². The van der Waals surface area contributed by atoms with Gasteiger partial charge >= 0.3 is 0 Å². The molecule has 0 unspecified atom stereocenters. The van der Waals surface area contributed by atoms with Crippen molar-refractivity contribution in [1.29, 1.82) is 0 Å². The summed E-state index contributed by atoms with van der Waals surface area (Å²) < 4.78 is 28.8. The van der Waals surface area contributed by atoms with Crippen molar-refractivity contribution in [3.8, 4) is 0 Å². The molecule has 0 saturated carbocycles. The van der Waals surface area contributed by atoms with Gasteiger partial charge in [0, 0.05) is 6.54 Å². The highest BCUT2D eigenvalue weighted by Crippen LogP contribution is 1.89. The fourth-order valence-electron chi connectivity index (χ4n) is 0.678. The zero-order chi connectivity index (χ0) is 11.2. The van der Waals surface area contributed by atoms with Crippen molar-refractivity contribution in [3.05, 3.63) is 11.8 Å². The van der Waals surface area contributed by atoms with Crippen LogP contribution >= 0.6 is 0 Å². The Labute approximate surface area is 82.4 Å². The Bertz CT molecular complexity index is 319. The maximum absolute atomic E-state index is 10.9. The molecule has 0 aromatic carbocycles. The van der Waals surface area contributed by atoms with Crippen molar-refractivity contribution in [2.75, 3.05) is 12.3 Å². The Kier molecular flexibility index (Phi) is 5.18. The van der Waals surface area contributed by atoms with Gasteiger partial charge in [0.05, 0.1) is 5.75 Å². The fraction of sp³-hybridized carbons (Fsp3) is 0.571. The van der Waals surface area contributed by atoms with Crippen LogP contribution in [0.15, 0.2) is 11.8 Å². The van der Waals surface area contributed by atoms with E-state index in [9.17, 15) is 13.2 Å². The quantitative estimate of drug-likeness (QED) is 0.260. The number of allylic oxidation sites excluding steroid dienone is 1. The topological polar surface area (TPSA) is 104 Å². The summed E-state index contributed by atoms with van der Waals surface area (Å²) in [7, 11) is -3.98. The molecular weight excluding hydrogens is 210 g/mol. The van der Waals surface area contributed by atoms with Crippen LogP contribution in [-0.2, 0) is 14.9 Å². The molecule has 82 valence electrons. The molecule has 0 heterocycles. The van der Waals surface area contributed by atoms with Crippen LogP contribution in [0.25, 0.3) is 0 Å². The number of amides is 1. The molecule has 0 aromatic rings. The van der Waals surface area contributed by atoms with Gasteiger partial charge in [0.25, 0.3) is 16.0 Å². The first-order chi connectivity index (χ1) is 6.37. The third-order valence-corrected chi connectivity index (χ3v) is 2.18. The van der Waals surface area contributed by atoms with Gasteiger partial charge in [-0.05, 0) is 19.4 Å². The maximum atomic E-state index is 10.9. The summed E-state index contributed by atoms with van der Waals surface area (Å²) >= 11 is 0. The number of carbonyl (C=O) groups is 1. The lowest BCUT2D eigenvalue weighted by molar-refractivity contribution is -0.119. The third kappa shape index (κ3) is 6.44. The number of aliphatic hydroxyl groups excluding tert-OH is 1. The van der Waals surface area contributed by atoms with Gasteiger partial charge in [-0.2, -0.15) is 8.42 Å². The summed E-state index contributed by atoms with van der Waals surface area (Å²) in [6.45, 7) is 1.57. The molecule has 0 aromatic heterocycles. The normalized spacial score (nSPS) is 12.6. The Hall–Kier alpha value is -1.08. The van der Waals surface area contributed by atoms with Crippen molar-refractivity contribution < 1.29 is 22.9 Å². The SMILES string of the molecule is CC=C(O)C(=O)NCCCS(=O)(=O)O. The summed E-state index contributed by atoms with van der Waals surface area (Å²) in [5.41, 5.74) is 0. The lowest BCUT2D eigenvalue weighted by Crippen LogP contribution is -2.27. The molecular formula is C7H13NO5S. The maximum Gasteiger partial charge on any atom is 0.285 e. The molecule has 6 nitrogen and oxygen atoms in total. The van der Waals surface area contributed by atoms with Crippen LogP contribution < -0.4 is 5.32 Å². The van der Waals surface area contributed by atoms with E-state index in [1.165, 1.54) is 13.0 Å². The van der Waals surface area contributed by atoms with Crippen molar-refractivity contribution in [3.63, 3.8) is 0 Å². The van der Waals surface area contributed by atoms with Crippen LogP contribution in [0.4, 0.5) is 0 Å². The van der Waals surface area contributed by atoms with Gasteiger partial charge in [-0.1, -0.05) is 0 Å². The van der Waals surface area contributed by atoms with E-state index in [2.05, 4.69) is 5.32 Å². The monoisotopic (exact) mass is 223 g/mol. The zero-order valence-corrected chi connectivity index (χ0v) is 8.54. The number of hydrogen-bond acceptors (Lipinski definition) is 4. The van der Waals surface area contributed by atoms with Gasteiger partial charge < -0.3 is 10.4 Å². The van der Waals surface area contributed by atoms with E-state index in [0.29, 0.717) is 0 Å². The van der Waals surface area contributed by atoms with E-state index in [4.69, 9.17) is 9.66 Å². The lowest BCUT2D eigenvalue weighted by atomic mass is 10.4. The molecule has 0 rings (SSSR count). The van der Waals surface area contributed by atoms with Crippen molar-refractivity contribution in [1.82, 2.24) is 5.32 Å². The Balaban J connectivity index is 3.72. The van der Waals surface area contributed by atoms with Crippen LogP contribution in [0.2, 0.25) is 0 Å². The first kappa shape index (κ1) is 12.9. The number of hydrogen-bond donors (Lipinski definition) is 3. The van der Waals surface area contributed by atoms with Crippen LogP contribution in [0.1, 0.15) is 13.3 Å². The molecule has 0 saturated heterocycles. The van der Waals surface area contributed by atoms with E-state index in [0.717, 1.165) is 0 Å². The third-order valence-electron chi connectivity index (χ3n) is 1.37. The Morgan fingerprint density at radius 1 is 1.50 bits per heavy atom. The van der Waals surface area contributed by atoms with Crippen LogP contribution in [-0.4, -0.2) is 36.3 Å². The lowest BCUT2D eigenvalue weighted by Gasteiger charge is -2.02. The molecule has 7 heteroatoms. The molecule has 0 aliphatic rings. The average molecular weight is 223 g/mol. The van der Waals surface area contributed by atoms with Crippen LogP contribution in [0.5, 0.6) is 0 Å². The zero-order valence-electron chi connectivity index (χ0n) is 7.73. The van der Waals surface area contributed by atoms with E-state index in [1.807, 2.05) is 0 Å². The van der Waals surface area contributed by atoms with Gasteiger partial charge in [0.1, 0.15) is 0 Å². The van der Waals surface area contributed by atoms with Crippen molar-refractivity contribution >= 4 is 16.0 Å². The molecule has 0 bridgehead atoms. The molecule has 1 amide bonds. The minimum atomic E-state index is -3.98. The van der Waals surface area contributed by atoms with Crippen LogP contribution in [0.3, 0.4) is 0 Å². The predicted octanol–water partition coefficient (Wildman–Crippen LogP) is -0.158. The standard InChI is InChI=1S/C7H13NO5S/c1-2-6(9)7(10)8-4-3-5-14(11,12)13/h2,9H,3-5H2,1H3,(H,8,10)(H,11,12,13). The highest BCUT2D eigenvalue weighted by Gasteiger charge is 2.07. The molecule has 0 aliphatic heterocycles. The summed E-state index contributed by atoms with van der Waals surface area (Å²) in [4.78, 5) is 10.9. The van der Waals surface area contributed by atoms with Gasteiger partial charge in [-0.3, -0.25) is 9.35 Å². The Morgan fingerprint density at radius 3 is 2.50 bits per heavy atom. The largest absolute Gasteiger partial charge is 0.503 e. The number of nitrogens with one attached hydrogen (secondary N) is 1. The summed E-state index contributed by atoms with van der Waals surface area (Å²) in [5, 5.41) is 11.1.